The average Bonchev–Trinajstić information content (AvgIpc) is 2.88. The van der Waals surface area contributed by atoms with Crippen molar-refractivity contribution in [3.63, 3.8) is 0 Å². The van der Waals surface area contributed by atoms with Gasteiger partial charge in [-0.1, -0.05) is 42.5 Å². The van der Waals surface area contributed by atoms with E-state index >= 15 is 0 Å². The Bertz CT molecular complexity index is 961. The molecule has 1 amide bonds. The highest BCUT2D eigenvalue weighted by atomic mass is 16.6. The van der Waals surface area contributed by atoms with Crippen molar-refractivity contribution in [3.05, 3.63) is 65.7 Å². The maximum Gasteiger partial charge on any atom is 0.343 e. The van der Waals surface area contributed by atoms with Gasteiger partial charge in [0.2, 0.25) is 5.91 Å². The molecule has 0 aliphatic rings. The Kier molecular flexibility index (Phi) is 11.8. The number of benzene rings is 2. The third kappa shape index (κ3) is 10.7. The van der Waals surface area contributed by atoms with Crippen molar-refractivity contribution in [2.45, 2.75) is 25.5 Å². The fourth-order valence-corrected chi connectivity index (χ4v) is 2.86. The average molecular weight is 488 g/mol. The number of hydrogen-bond acceptors (Lipinski definition) is 9. The number of hydrogen-bond donors (Lipinski definition) is 1. The lowest BCUT2D eigenvalue weighted by Gasteiger charge is -2.18. The highest BCUT2D eigenvalue weighted by Gasteiger charge is 2.23. The van der Waals surface area contributed by atoms with Gasteiger partial charge >= 0.3 is 17.9 Å². The highest BCUT2D eigenvalue weighted by molar-refractivity contribution is 5.85. The fourth-order valence-electron chi connectivity index (χ4n) is 2.86. The normalized spacial score (nSPS) is 11.1. The van der Waals surface area contributed by atoms with Crippen LogP contribution >= 0.6 is 0 Å². The molecule has 35 heavy (non-hydrogen) atoms. The molecule has 2 rings (SSSR count). The van der Waals surface area contributed by atoms with E-state index in [0.717, 1.165) is 5.56 Å². The summed E-state index contributed by atoms with van der Waals surface area (Å²) in [7, 11) is 2.50. The Morgan fingerprint density at radius 1 is 0.829 bits per heavy atom. The molecule has 0 aromatic heterocycles. The number of rotatable bonds is 14. The van der Waals surface area contributed by atoms with Gasteiger partial charge in [0.15, 0.2) is 6.61 Å². The van der Waals surface area contributed by atoms with Crippen molar-refractivity contribution in [2.24, 2.45) is 0 Å². The van der Waals surface area contributed by atoms with Crippen LogP contribution in [0.3, 0.4) is 0 Å². The molecule has 188 valence electrons. The minimum atomic E-state index is -1.01. The zero-order valence-electron chi connectivity index (χ0n) is 19.7. The molecule has 0 saturated carbocycles. The first-order chi connectivity index (χ1) is 16.9. The molecule has 2 aromatic carbocycles. The fraction of sp³-hybridized carbons (Fsp3) is 0.360. The van der Waals surface area contributed by atoms with E-state index in [-0.39, 0.29) is 39.3 Å². The Hall–Kier alpha value is -3.92. The largest absolute Gasteiger partial charge is 0.482 e. The lowest BCUT2D eigenvalue weighted by Crippen LogP contribution is -2.45. The first-order valence-electron chi connectivity index (χ1n) is 10.8. The number of amides is 1. The van der Waals surface area contributed by atoms with E-state index in [0.29, 0.717) is 11.3 Å². The van der Waals surface area contributed by atoms with E-state index in [1.165, 1.54) is 14.2 Å². The molecular formula is C25H29NO9. The molecule has 10 heteroatoms. The van der Waals surface area contributed by atoms with Gasteiger partial charge in [-0.3, -0.25) is 9.59 Å². The lowest BCUT2D eigenvalue weighted by atomic mass is 10.1. The highest BCUT2D eigenvalue weighted by Crippen LogP contribution is 2.14. The van der Waals surface area contributed by atoms with Gasteiger partial charge in [-0.15, -0.1) is 0 Å². The summed E-state index contributed by atoms with van der Waals surface area (Å²) in [6, 6.07) is 15.0. The number of nitrogens with one attached hydrogen (secondary N) is 1. The third-order valence-corrected chi connectivity index (χ3v) is 4.69. The smallest absolute Gasteiger partial charge is 0.343 e. The molecule has 0 unspecified atom stereocenters. The summed E-state index contributed by atoms with van der Waals surface area (Å²) in [4.78, 5) is 47.5. The first-order valence-corrected chi connectivity index (χ1v) is 10.8. The molecule has 0 bridgehead atoms. The van der Waals surface area contributed by atoms with Crippen LogP contribution in [0.5, 0.6) is 5.75 Å². The van der Waals surface area contributed by atoms with Crippen molar-refractivity contribution < 1.29 is 42.9 Å². The maximum atomic E-state index is 12.6. The van der Waals surface area contributed by atoms with Crippen LogP contribution in [-0.4, -0.2) is 63.9 Å². The summed E-state index contributed by atoms with van der Waals surface area (Å²) >= 11 is 0. The molecule has 0 aliphatic heterocycles. The second-order valence-electron chi connectivity index (χ2n) is 7.31. The number of carbonyl (C=O) groups excluding carboxylic acids is 4. The Morgan fingerprint density at radius 2 is 1.51 bits per heavy atom. The molecule has 0 fully saturated rings. The van der Waals surface area contributed by atoms with Crippen LogP contribution in [0, 0.1) is 0 Å². The molecular weight excluding hydrogens is 458 g/mol. The molecule has 2 aromatic rings. The Balaban J connectivity index is 1.95. The van der Waals surface area contributed by atoms with Crippen molar-refractivity contribution >= 4 is 23.8 Å². The predicted molar refractivity (Wildman–Crippen MR) is 123 cm³/mol. The van der Waals surface area contributed by atoms with E-state index in [1.807, 2.05) is 30.3 Å². The van der Waals surface area contributed by atoms with Gasteiger partial charge < -0.3 is 29.0 Å². The second kappa shape index (κ2) is 15.1. The molecule has 1 atom stereocenters. The van der Waals surface area contributed by atoms with Crippen molar-refractivity contribution in [3.8, 4) is 5.75 Å². The molecule has 0 spiro atoms. The van der Waals surface area contributed by atoms with Crippen LogP contribution in [0.2, 0.25) is 0 Å². The van der Waals surface area contributed by atoms with E-state index in [1.54, 1.807) is 24.3 Å². The number of methoxy groups -OCH3 is 2. The Morgan fingerprint density at radius 3 is 2.17 bits per heavy atom. The van der Waals surface area contributed by atoms with Gasteiger partial charge in [-0.2, -0.15) is 0 Å². The summed E-state index contributed by atoms with van der Waals surface area (Å²) in [5, 5.41) is 2.62. The SMILES string of the molecule is COC(=O)CCOC(=O)[C@H](Cc1ccc(OCC(=O)OC)cc1)NC(=O)COCc1ccccc1. The number of esters is 3. The van der Waals surface area contributed by atoms with Gasteiger partial charge in [0.05, 0.1) is 27.2 Å². The van der Waals surface area contributed by atoms with Crippen LogP contribution in [0.25, 0.3) is 0 Å². The van der Waals surface area contributed by atoms with E-state index < -0.39 is 29.9 Å². The van der Waals surface area contributed by atoms with Crippen LogP contribution < -0.4 is 10.1 Å². The zero-order chi connectivity index (χ0) is 25.5. The van der Waals surface area contributed by atoms with E-state index in [2.05, 4.69) is 14.8 Å². The topological polar surface area (TPSA) is 126 Å². The van der Waals surface area contributed by atoms with Crippen LogP contribution in [-0.2, 0) is 51.2 Å². The minimum Gasteiger partial charge on any atom is -0.482 e. The summed E-state index contributed by atoms with van der Waals surface area (Å²) in [6.07, 6.45) is 0.0219. The van der Waals surface area contributed by atoms with Gasteiger partial charge in [-0.05, 0) is 23.3 Å². The minimum absolute atomic E-state index is 0.102. The summed E-state index contributed by atoms with van der Waals surface area (Å²) in [6.45, 7) is -0.413. The molecule has 0 aliphatic carbocycles. The molecule has 1 N–H and O–H groups in total. The molecule has 0 saturated heterocycles. The summed E-state index contributed by atoms with van der Waals surface area (Å²) in [5.41, 5.74) is 1.62. The van der Waals surface area contributed by atoms with Crippen molar-refractivity contribution in [2.75, 3.05) is 34.0 Å². The number of ether oxygens (including phenoxy) is 5. The van der Waals surface area contributed by atoms with Crippen molar-refractivity contribution in [1.82, 2.24) is 5.32 Å². The second-order valence-corrected chi connectivity index (χ2v) is 7.31. The van der Waals surface area contributed by atoms with Gasteiger partial charge in [0, 0.05) is 6.42 Å². The summed E-state index contributed by atoms with van der Waals surface area (Å²) < 4.78 is 24.9. The van der Waals surface area contributed by atoms with Gasteiger partial charge in [0.1, 0.15) is 25.0 Å². The Labute approximate surface area is 203 Å². The number of carbonyl (C=O) groups is 4. The van der Waals surface area contributed by atoms with Crippen LogP contribution in [0.15, 0.2) is 54.6 Å². The monoisotopic (exact) mass is 487 g/mol. The third-order valence-electron chi connectivity index (χ3n) is 4.69. The lowest BCUT2D eigenvalue weighted by molar-refractivity contribution is -0.151. The van der Waals surface area contributed by atoms with E-state index in [9.17, 15) is 19.2 Å². The maximum absolute atomic E-state index is 12.6. The van der Waals surface area contributed by atoms with Crippen molar-refractivity contribution in [1.29, 1.82) is 0 Å². The van der Waals surface area contributed by atoms with Gasteiger partial charge in [-0.25, -0.2) is 9.59 Å². The van der Waals surface area contributed by atoms with E-state index in [4.69, 9.17) is 14.2 Å². The van der Waals surface area contributed by atoms with Crippen LogP contribution in [0.4, 0.5) is 0 Å². The standard InChI is InChI=1S/C25H29NO9/c1-31-23(28)12-13-34-25(30)21(26-22(27)16-33-15-19-6-4-3-5-7-19)14-18-8-10-20(11-9-18)35-17-24(29)32-2/h3-11,21H,12-17H2,1-2H3,(H,26,27)/t21-/m0/s1. The molecule has 0 heterocycles. The predicted octanol–water partition coefficient (Wildman–Crippen LogP) is 1.59. The van der Waals surface area contributed by atoms with Crippen LogP contribution in [0.1, 0.15) is 17.5 Å². The quantitative estimate of drug-likeness (QED) is 0.312. The zero-order valence-corrected chi connectivity index (χ0v) is 19.7. The van der Waals surface area contributed by atoms with Gasteiger partial charge in [0.25, 0.3) is 0 Å². The first kappa shape index (κ1) is 27.3. The molecule has 0 radical (unpaired) electrons. The summed E-state index contributed by atoms with van der Waals surface area (Å²) in [5.74, 6) is -1.78. The molecule has 10 nitrogen and oxygen atoms in total.